The summed E-state index contributed by atoms with van der Waals surface area (Å²) in [6.45, 7) is 1.78. The lowest BCUT2D eigenvalue weighted by Crippen LogP contribution is -2.27. The highest BCUT2D eigenvalue weighted by molar-refractivity contribution is 6.00. The van der Waals surface area contributed by atoms with Crippen LogP contribution in [0.25, 0.3) is 0 Å². The highest BCUT2D eigenvalue weighted by Gasteiger charge is 2.17. The van der Waals surface area contributed by atoms with Crippen molar-refractivity contribution in [3.63, 3.8) is 0 Å². The molecule has 21 heavy (non-hydrogen) atoms. The van der Waals surface area contributed by atoms with Crippen molar-refractivity contribution in [3.8, 4) is 0 Å². The van der Waals surface area contributed by atoms with Gasteiger partial charge in [0.05, 0.1) is 11.3 Å². The number of hydrogen-bond donors (Lipinski definition) is 2. The van der Waals surface area contributed by atoms with E-state index in [1.165, 1.54) is 37.7 Å². The maximum absolute atomic E-state index is 12.4. The van der Waals surface area contributed by atoms with Crippen molar-refractivity contribution in [1.29, 1.82) is 0 Å². The molecule has 3 rings (SSSR count). The molecule has 0 unspecified atom stereocenters. The molecule has 3 nitrogen and oxygen atoms in total. The molecule has 0 bridgehead atoms. The second kappa shape index (κ2) is 6.97. The maximum Gasteiger partial charge on any atom is 0.253 e. The first-order chi connectivity index (χ1) is 10.3. The Bertz CT molecular complexity index is 492. The van der Waals surface area contributed by atoms with Gasteiger partial charge in [-0.3, -0.25) is 4.79 Å². The average molecular weight is 286 g/mol. The van der Waals surface area contributed by atoms with Crippen LogP contribution in [0.4, 0.5) is 5.69 Å². The maximum atomic E-state index is 12.4. The van der Waals surface area contributed by atoms with Crippen molar-refractivity contribution in [3.05, 3.63) is 29.3 Å². The van der Waals surface area contributed by atoms with Gasteiger partial charge in [-0.2, -0.15) is 0 Å². The first-order valence-electron chi connectivity index (χ1n) is 8.48. The van der Waals surface area contributed by atoms with Crippen LogP contribution in [-0.2, 0) is 6.42 Å². The summed E-state index contributed by atoms with van der Waals surface area (Å²) in [6.07, 6.45) is 10.2. The number of carbonyl (C=O) groups excluding carboxylic acids is 1. The van der Waals surface area contributed by atoms with Crippen LogP contribution in [0, 0.1) is 5.92 Å². The van der Waals surface area contributed by atoms with Gasteiger partial charge in [0.25, 0.3) is 5.91 Å². The van der Waals surface area contributed by atoms with Crippen LogP contribution in [0.15, 0.2) is 18.2 Å². The predicted molar refractivity (Wildman–Crippen MR) is 86.8 cm³/mol. The van der Waals surface area contributed by atoms with E-state index in [1.54, 1.807) is 0 Å². The molecule has 1 amide bonds. The zero-order valence-corrected chi connectivity index (χ0v) is 12.8. The minimum absolute atomic E-state index is 0.0765. The molecule has 0 saturated heterocycles. The summed E-state index contributed by atoms with van der Waals surface area (Å²) in [5, 5.41) is 6.48. The van der Waals surface area contributed by atoms with Gasteiger partial charge in [0.15, 0.2) is 0 Å². The topological polar surface area (TPSA) is 41.1 Å². The highest BCUT2D eigenvalue weighted by atomic mass is 16.1. The van der Waals surface area contributed by atoms with Crippen molar-refractivity contribution in [1.82, 2.24) is 5.32 Å². The summed E-state index contributed by atoms with van der Waals surface area (Å²) in [6, 6.07) is 6.06. The number of rotatable bonds is 5. The molecule has 1 aliphatic heterocycles. The number of hydrogen-bond acceptors (Lipinski definition) is 2. The summed E-state index contributed by atoms with van der Waals surface area (Å²) < 4.78 is 0. The van der Waals surface area contributed by atoms with E-state index in [1.807, 2.05) is 12.1 Å². The number of amides is 1. The molecule has 0 atom stereocenters. The fraction of sp³-hybridized carbons (Fsp3) is 0.611. The summed E-state index contributed by atoms with van der Waals surface area (Å²) in [4.78, 5) is 12.4. The van der Waals surface area contributed by atoms with Crippen LogP contribution < -0.4 is 10.6 Å². The highest BCUT2D eigenvalue weighted by Crippen LogP contribution is 2.28. The Kier molecular flexibility index (Phi) is 4.79. The van der Waals surface area contributed by atoms with Crippen LogP contribution in [0.3, 0.4) is 0 Å². The SMILES string of the molecule is O=C(NCCCC1CCCC1)c1cccc2c1NCCC2. The first kappa shape index (κ1) is 14.4. The Hall–Kier alpha value is -1.51. The van der Waals surface area contributed by atoms with Crippen molar-refractivity contribution in [2.75, 3.05) is 18.4 Å². The average Bonchev–Trinajstić information content (AvgIpc) is 3.04. The van der Waals surface area contributed by atoms with E-state index < -0.39 is 0 Å². The van der Waals surface area contributed by atoms with E-state index in [0.717, 1.165) is 49.5 Å². The van der Waals surface area contributed by atoms with Gasteiger partial charge < -0.3 is 10.6 Å². The van der Waals surface area contributed by atoms with E-state index in [2.05, 4.69) is 16.7 Å². The van der Waals surface area contributed by atoms with Crippen molar-refractivity contribution < 1.29 is 4.79 Å². The molecule has 0 spiro atoms. The smallest absolute Gasteiger partial charge is 0.253 e. The van der Waals surface area contributed by atoms with E-state index in [9.17, 15) is 4.79 Å². The van der Waals surface area contributed by atoms with Crippen LogP contribution in [0.1, 0.15) is 60.9 Å². The Balaban J connectivity index is 1.51. The van der Waals surface area contributed by atoms with Crippen molar-refractivity contribution in [2.45, 2.75) is 51.4 Å². The lowest BCUT2D eigenvalue weighted by Gasteiger charge is -2.20. The molecule has 1 aromatic rings. The molecule has 2 aliphatic rings. The number of para-hydroxylation sites is 1. The molecule has 114 valence electrons. The zero-order valence-electron chi connectivity index (χ0n) is 12.8. The quantitative estimate of drug-likeness (QED) is 0.810. The predicted octanol–water partition coefficient (Wildman–Crippen LogP) is 3.74. The Morgan fingerprint density at radius 2 is 2.10 bits per heavy atom. The molecular formula is C18H26N2O. The summed E-state index contributed by atoms with van der Waals surface area (Å²) in [5.41, 5.74) is 3.14. The number of aryl methyl sites for hydroxylation is 1. The Labute approximate surface area is 127 Å². The second-order valence-electron chi connectivity index (χ2n) is 6.42. The third-order valence-electron chi connectivity index (χ3n) is 4.87. The molecule has 1 saturated carbocycles. The van der Waals surface area contributed by atoms with Gasteiger partial charge in [0.2, 0.25) is 0 Å². The van der Waals surface area contributed by atoms with Crippen LogP contribution >= 0.6 is 0 Å². The van der Waals surface area contributed by atoms with Crippen LogP contribution in [0.5, 0.6) is 0 Å². The Morgan fingerprint density at radius 1 is 1.24 bits per heavy atom. The molecule has 0 radical (unpaired) electrons. The van der Waals surface area contributed by atoms with E-state index >= 15 is 0 Å². The Morgan fingerprint density at radius 3 is 2.95 bits per heavy atom. The molecule has 3 heteroatoms. The lowest BCUT2D eigenvalue weighted by molar-refractivity contribution is 0.0953. The number of nitrogens with one attached hydrogen (secondary N) is 2. The van der Waals surface area contributed by atoms with Crippen LogP contribution in [0.2, 0.25) is 0 Å². The third kappa shape index (κ3) is 3.58. The van der Waals surface area contributed by atoms with Crippen molar-refractivity contribution >= 4 is 11.6 Å². The molecule has 1 aromatic carbocycles. The van der Waals surface area contributed by atoms with E-state index in [-0.39, 0.29) is 5.91 Å². The van der Waals surface area contributed by atoms with Crippen LogP contribution in [-0.4, -0.2) is 19.0 Å². The fourth-order valence-corrected chi connectivity index (χ4v) is 3.69. The van der Waals surface area contributed by atoms with E-state index in [0.29, 0.717) is 0 Å². The zero-order chi connectivity index (χ0) is 14.5. The van der Waals surface area contributed by atoms with E-state index in [4.69, 9.17) is 0 Å². The summed E-state index contributed by atoms with van der Waals surface area (Å²) >= 11 is 0. The molecular weight excluding hydrogens is 260 g/mol. The molecule has 1 aliphatic carbocycles. The monoisotopic (exact) mass is 286 g/mol. The number of fused-ring (bicyclic) bond motifs is 1. The van der Waals surface area contributed by atoms with Gasteiger partial charge in [-0.05, 0) is 43.2 Å². The standard InChI is InChI=1S/C18H26N2O/c21-18(20-13-4-8-14-6-1-2-7-14)16-11-3-9-15-10-5-12-19-17(15)16/h3,9,11,14,19H,1-2,4-8,10,12-13H2,(H,20,21). The minimum Gasteiger partial charge on any atom is -0.384 e. The molecule has 0 aromatic heterocycles. The van der Waals surface area contributed by atoms with Gasteiger partial charge in [0, 0.05) is 13.1 Å². The second-order valence-corrected chi connectivity index (χ2v) is 6.42. The first-order valence-corrected chi connectivity index (χ1v) is 8.48. The van der Waals surface area contributed by atoms with Gasteiger partial charge in [-0.15, -0.1) is 0 Å². The van der Waals surface area contributed by atoms with Gasteiger partial charge in [0.1, 0.15) is 0 Å². The van der Waals surface area contributed by atoms with Gasteiger partial charge in [-0.1, -0.05) is 37.8 Å². The number of benzene rings is 1. The largest absolute Gasteiger partial charge is 0.384 e. The molecule has 2 N–H and O–H groups in total. The fourth-order valence-electron chi connectivity index (χ4n) is 3.69. The third-order valence-corrected chi connectivity index (χ3v) is 4.87. The number of carbonyl (C=O) groups is 1. The summed E-state index contributed by atoms with van der Waals surface area (Å²) in [5.74, 6) is 0.987. The minimum atomic E-state index is 0.0765. The summed E-state index contributed by atoms with van der Waals surface area (Å²) in [7, 11) is 0. The number of anilines is 1. The van der Waals surface area contributed by atoms with Crippen molar-refractivity contribution in [2.24, 2.45) is 5.92 Å². The lowest BCUT2D eigenvalue weighted by atomic mass is 9.99. The normalized spacial score (nSPS) is 18.1. The molecule has 1 heterocycles. The molecule has 1 fully saturated rings. The van der Waals surface area contributed by atoms with Gasteiger partial charge in [-0.25, -0.2) is 0 Å². The van der Waals surface area contributed by atoms with Gasteiger partial charge >= 0.3 is 0 Å².